The number of aliphatic hydroxyl groups is 1. The van der Waals surface area contributed by atoms with Gasteiger partial charge in [-0.3, -0.25) is 4.79 Å². The molecule has 2 aliphatic heterocycles. The number of benzene rings is 1. The molecule has 0 aliphatic carbocycles. The maximum absolute atomic E-state index is 12.1. The number of carbonyl (C=O) groups is 1. The molecule has 1 unspecified atom stereocenters. The van der Waals surface area contributed by atoms with Gasteiger partial charge in [0, 0.05) is 0 Å². The zero-order valence-corrected chi connectivity index (χ0v) is 10.5. The molecule has 1 saturated heterocycles. The fourth-order valence-electron chi connectivity index (χ4n) is 2.47. The van der Waals surface area contributed by atoms with Crippen LogP contribution < -0.4 is 10.1 Å². The number of aliphatic hydroxyl groups excluding tert-OH is 1. The van der Waals surface area contributed by atoms with E-state index in [-0.39, 0.29) is 18.6 Å². The quantitative estimate of drug-likeness (QED) is 0.803. The average Bonchev–Trinajstić information content (AvgIpc) is 2.84. The molecule has 102 valence electrons. The molecule has 5 nitrogen and oxygen atoms in total. The standard InChI is InChI=1S/C14H17NO4/c16-11-8-18-7-10(11)15-14(17)13-6-5-9-3-1-2-4-12(9)19-13/h1-4,10-11,13,16H,5-8H2,(H,15,17)/t10-,11-,13?/m1/s1. The van der Waals surface area contributed by atoms with Crippen LogP contribution in [0, 0.1) is 0 Å². The third kappa shape index (κ3) is 2.57. The van der Waals surface area contributed by atoms with Crippen molar-refractivity contribution < 1.29 is 19.4 Å². The monoisotopic (exact) mass is 263 g/mol. The molecule has 2 aliphatic rings. The van der Waals surface area contributed by atoms with E-state index in [9.17, 15) is 9.90 Å². The smallest absolute Gasteiger partial charge is 0.261 e. The average molecular weight is 263 g/mol. The zero-order chi connectivity index (χ0) is 13.2. The first-order chi connectivity index (χ1) is 9.24. The van der Waals surface area contributed by atoms with Crippen molar-refractivity contribution in [1.82, 2.24) is 5.32 Å². The first kappa shape index (κ1) is 12.4. The summed E-state index contributed by atoms with van der Waals surface area (Å²) >= 11 is 0. The molecule has 1 amide bonds. The van der Waals surface area contributed by atoms with Crippen LogP contribution in [0.15, 0.2) is 24.3 Å². The second kappa shape index (κ2) is 5.19. The lowest BCUT2D eigenvalue weighted by molar-refractivity contribution is -0.130. The maximum atomic E-state index is 12.1. The molecule has 0 saturated carbocycles. The van der Waals surface area contributed by atoms with Gasteiger partial charge >= 0.3 is 0 Å². The zero-order valence-electron chi connectivity index (χ0n) is 10.5. The minimum absolute atomic E-state index is 0.177. The number of rotatable bonds is 2. The first-order valence-corrected chi connectivity index (χ1v) is 6.55. The number of fused-ring (bicyclic) bond motifs is 1. The highest BCUT2D eigenvalue weighted by molar-refractivity contribution is 5.81. The van der Waals surface area contributed by atoms with E-state index in [1.807, 2.05) is 24.3 Å². The molecule has 2 heterocycles. The normalized spacial score (nSPS) is 29.4. The predicted molar refractivity (Wildman–Crippen MR) is 67.9 cm³/mol. The molecular formula is C14H17NO4. The van der Waals surface area contributed by atoms with Crippen LogP contribution >= 0.6 is 0 Å². The summed E-state index contributed by atoms with van der Waals surface area (Å²) in [5.74, 6) is 0.598. The number of amides is 1. The lowest BCUT2D eigenvalue weighted by Crippen LogP contribution is -2.49. The van der Waals surface area contributed by atoms with Gasteiger partial charge in [0.2, 0.25) is 0 Å². The van der Waals surface area contributed by atoms with Gasteiger partial charge in [-0.1, -0.05) is 18.2 Å². The SMILES string of the molecule is O=C(N[C@@H]1COC[C@H]1O)C1CCc2ccccc2O1. The molecule has 0 radical (unpaired) electrons. The van der Waals surface area contributed by atoms with Gasteiger partial charge in [0.1, 0.15) is 5.75 Å². The van der Waals surface area contributed by atoms with Gasteiger partial charge in [-0.15, -0.1) is 0 Å². The van der Waals surface area contributed by atoms with Crippen LogP contribution in [-0.4, -0.2) is 42.5 Å². The first-order valence-electron chi connectivity index (χ1n) is 6.55. The van der Waals surface area contributed by atoms with E-state index >= 15 is 0 Å². The minimum Gasteiger partial charge on any atom is -0.480 e. The van der Waals surface area contributed by atoms with E-state index in [4.69, 9.17) is 9.47 Å². The molecule has 1 aromatic carbocycles. The van der Waals surface area contributed by atoms with Gasteiger partial charge in [-0.05, 0) is 24.5 Å². The van der Waals surface area contributed by atoms with Crippen molar-refractivity contribution in [1.29, 1.82) is 0 Å². The highest BCUT2D eigenvalue weighted by Gasteiger charge is 2.32. The molecule has 0 bridgehead atoms. The van der Waals surface area contributed by atoms with Crippen LogP contribution in [-0.2, 0) is 16.0 Å². The van der Waals surface area contributed by atoms with E-state index in [0.29, 0.717) is 13.0 Å². The Balaban J connectivity index is 1.63. The fourth-order valence-corrected chi connectivity index (χ4v) is 2.47. The Hall–Kier alpha value is -1.59. The Morgan fingerprint density at radius 1 is 1.32 bits per heavy atom. The van der Waals surface area contributed by atoms with Gasteiger partial charge in [-0.2, -0.15) is 0 Å². The van der Waals surface area contributed by atoms with E-state index in [0.717, 1.165) is 17.7 Å². The third-order valence-corrected chi connectivity index (χ3v) is 3.59. The van der Waals surface area contributed by atoms with Crippen molar-refractivity contribution >= 4 is 5.91 Å². The Morgan fingerprint density at radius 2 is 2.16 bits per heavy atom. The van der Waals surface area contributed by atoms with Crippen molar-refractivity contribution in [3.8, 4) is 5.75 Å². The molecule has 5 heteroatoms. The largest absolute Gasteiger partial charge is 0.480 e. The van der Waals surface area contributed by atoms with Crippen LogP contribution in [0.25, 0.3) is 0 Å². The van der Waals surface area contributed by atoms with E-state index in [2.05, 4.69) is 5.32 Å². The molecule has 19 heavy (non-hydrogen) atoms. The van der Waals surface area contributed by atoms with E-state index in [1.54, 1.807) is 0 Å². The molecule has 0 spiro atoms. The third-order valence-electron chi connectivity index (χ3n) is 3.59. The summed E-state index contributed by atoms with van der Waals surface area (Å²) in [5, 5.41) is 12.4. The van der Waals surface area contributed by atoms with Crippen molar-refractivity contribution in [2.75, 3.05) is 13.2 Å². The van der Waals surface area contributed by atoms with Gasteiger partial charge in [-0.25, -0.2) is 0 Å². The number of para-hydroxylation sites is 1. The number of nitrogens with one attached hydrogen (secondary N) is 1. The Labute approximate surface area is 111 Å². The Bertz CT molecular complexity index is 476. The van der Waals surface area contributed by atoms with Crippen LogP contribution in [0.2, 0.25) is 0 Å². The van der Waals surface area contributed by atoms with Crippen molar-refractivity contribution in [3.05, 3.63) is 29.8 Å². The number of hydrogen-bond donors (Lipinski definition) is 2. The molecule has 1 aromatic rings. The van der Waals surface area contributed by atoms with E-state index in [1.165, 1.54) is 0 Å². The van der Waals surface area contributed by atoms with Crippen LogP contribution in [0.5, 0.6) is 5.75 Å². The molecule has 2 N–H and O–H groups in total. The predicted octanol–water partition coefficient (Wildman–Crippen LogP) is 0.256. The molecule has 3 atom stereocenters. The number of carbonyl (C=O) groups excluding carboxylic acids is 1. The summed E-state index contributed by atoms with van der Waals surface area (Å²) in [6.45, 7) is 0.634. The summed E-state index contributed by atoms with van der Waals surface area (Å²) < 4.78 is 10.8. The van der Waals surface area contributed by atoms with Crippen molar-refractivity contribution in [2.24, 2.45) is 0 Å². The Kier molecular flexibility index (Phi) is 3.40. The lowest BCUT2D eigenvalue weighted by Gasteiger charge is -2.26. The van der Waals surface area contributed by atoms with E-state index < -0.39 is 12.2 Å². The number of aryl methyl sites for hydroxylation is 1. The van der Waals surface area contributed by atoms with Crippen molar-refractivity contribution in [3.63, 3.8) is 0 Å². The Morgan fingerprint density at radius 3 is 2.95 bits per heavy atom. The number of hydrogen-bond acceptors (Lipinski definition) is 4. The summed E-state index contributed by atoms with van der Waals surface area (Å²) in [6, 6.07) is 7.43. The lowest BCUT2D eigenvalue weighted by atomic mass is 10.0. The highest BCUT2D eigenvalue weighted by atomic mass is 16.5. The summed E-state index contributed by atoms with van der Waals surface area (Å²) in [6.07, 6.45) is 0.382. The van der Waals surface area contributed by atoms with Crippen LogP contribution in [0.1, 0.15) is 12.0 Å². The second-order valence-electron chi connectivity index (χ2n) is 4.97. The second-order valence-corrected chi connectivity index (χ2v) is 4.97. The molecule has 3 rings (SSSR count). The van der Waals surface area contributed by atoms with Crippen LogP contribution in [0.3, 0.4) is 0 Å². The fraction of sp³-hybridized carbons (Fsp3) is 0.500. The van der Waals surface area contributed by atoms with Crippen molar-refractivity contribution in [2.45, 2.75) is 31.1 Å². The molecule has 0 aromatic heterocycles. The van der Waals surface area contributed by atoms with Gasteiger partial charge in [0.05, 0.1) is 25.4 Å². The molecular weight excluding hydrogens is 246 g/mol. The maximum Gasteiger partial charge on any atom is 0.261 e. The topological polar surface area (TPSA) is 67.8 Å². The van der Waals surface area contributed by atoms with Gasteiger partial charge < -0.3 is 19.9 Å². The summed E-state index contributed by atoms with van der Waals surface area (Å²) in [5.41, 5.74) is 1.13. The van der Waals surface area contributed by atoms with Crippen LogP contribution in [0.4, 0.5) is 0 Å². The van der Waals surface area contributed by atoms with Gasteiger partial charge in [0.25, 0.3) is 5.91 Å². The van der Waals surface area contributed by atoms with Gasteiger partial charge in [0.15, 0.2) is 6.10 Å². The number of ether oxygens (including phenoxy) is 2. The summed E-state index contributed by atoms with van der Waals surface area (Å²) in [4.78, 5) is 12.1. The summed E-state index contributed by atoms with van der Waals surface area (Å²) in [7, 11) is 0. The molecule has 1 fully saturated rings. The minimum atomic E-state index is -0.625. The highest BCUT2D eigenvalue weighted by Crippen LogP contribution is 2.27.